The van der Waals surface area contributed by atoms with Crippen LogP contribution in [0.3, 0.4) is 0 Å². The summed E-state index contributed by atoms with van der Waals surface area (Å²) in [5, 5.41) is 0. The Kier molecular flexibility index (Phi) is 2.77. The Morgan fingerprint density at radius 3 is 2.50 bits per heavy atom. The molecule has 0 saturated heterocycles. The maximum Gasteiger partial charge on any atom is 0.115 e. The van der Waals surface area contributed by atoms with Crippen molar-refractivity contribution in [3.63, 3.8) is 0 Å². The van der Waals surface area contributed by atoms with Gasteiger partial charge in [-0.15, -0.1) is 0 Å². The summed E-state index contributed by atoms with van der Waals surface area (Å²) in [6.45, 7) is 2.24. The van der Waals surface area contributed by atoms with Gasteiger partial charge >= 0.3 is 0 Å². The van der Waals surface area contributed by atoms with Crippen molar-refractivity contribution in [2.75, 3.05) is 0 Å². The molecule has 0 spiro atoms. The van der Waals surface area contributed by atoms with Crippen LogP contribution in [0.15, 0.2) is 18.7 Å². The van der Waals surface area contributed by atoms with E-state index in [1.807, 2.05) is 12.4 Å². The van der Waals surface area contributed by atoms with Crippen molar-refractivity contribution in [1.82, 2.24) is 9.97 Å². The summed E-state index contributed by atoms with van der Waals surface area (Å²) in [4.78, 5) is 8.00. The van der Waals surface area contributed by atoms with Gasteiger partial charge in [0.1, 0.15) is 6.33 Å². The van der Waals surface area contributed by atoms with E-state index in [4.69, 9.17) is 5.73 Å². The first-order valence-electron chi connectivity index (χ1n) is 5.29. The summed E-state index contributed by atoms with van der Waals surface area (Å²) in [5.41, 5.74) is 7.23. The highest BCUT2D eigenvalue weighted by Crippen LogP contribution is 2.38. The fourth-order valence-corrected chi connectivity index (χ4v) is 2.05. The van der Waals surface area contributed by atoms with Crippen LogP contribution in [0.1, 0.15) is 37.8 Å². The minimum Gasteiger partial charge on any atom is -0.324 e. The quantitative estimate of drug-likeness (QED) is 0.794. The van der Waals surface area contributed by atoms with E-state index in [2.05, 4.69) is 16.9 Å². The first-order valence-corrected chi connectivity index (χ1v) is 5.29. The number of nitrogens with two attached hydrogens (primary N) is 1. The third-order valence-electron chi connectivity index (χ3n) is 3.43. The SMILES string of the molecule is CC(C1CCC1)C(N)c1cncnc1. The second-order valence-corrected chi connectivity index (χ2v) is 4.25. The Labute approximate surface area is 84.8 Å². The number of nitrogens with zero attached hydrogens (tertiary/aromatic N) is 2. The third-order valence-corrected chi connectivity index (χ3v) is 3.43. The molecule has 0 radical (unpaired) electrons. The van der Waals surface area contributed by atoms with E-state index in [1.54, 1.807) is 6.33 Å². The van der Waals surface area contributed by atoms with E-state index in [1.165, 1.54) is 19.3 Å². The van der Waals surface area contributed by atoms with Crippen molar-refractivity contribution >= 4 is 0 Å². The first-order chi connectivity index (χ1) is 6.79. The predicted molar refractivity (Wildman–Crippen MR) is 55.5 cm³/mol. The van der Waals surface area contributed by atoms with Gasteiger partial charge in [-0.1, -0.05) is 26.2 Å². The smallest absolute Gasteiger partial charge is 0.115 e. The molecule has 1 heterocycles. The zero-order valence-electron chi connectivity index (χ0n) is 8.56. The summed E-state index contributed by atoms with van der Waals surface area (Å²) in [6.07, 6.45) is 9.24. The molecule has 3 nitrogen and oxygen atoms in total. The average molecular weight is 191 g/mol. The Balaban J connectivity index is 2.03. The van der Waals surface area contributed by atoms with Gasteiger partial charge in [0.25, 0.3) is 0 Å². The van der Waals surface area contributed by atoms with Crippen molar-refractivity contribution in [2.45, 2.75) is 32.2 Å². The molecule has 2 unspecified atom stereocenters. The molecule has 1 fully saturated rings. The zero-order valence-corrected chi connectivity index (χ0v) is 8.56. The van der Waals surface area contributed by atoms with Crippen LogP contribution in [0.25, 0.3) is 0 Å². The van der Waals surface area contributed by atoms with Crippen LogP contribution in [-0.4, -0.2) is 9.97 Å². The van der Waals surface area contributed by atoms with Crippen LogP contribution in [0.5, 0.6) is 0 Å². The Morgan fingerprint density at radius 1 is 1.36 bits per heavy atom. The highest BCUT2D eigenvalue weighted by atomic mass is 14.8. The summed E-state index contributed by atoms with van der Waals surface area (Å²) in [7, 11) is 0. The fraction of sp³-hybridized carbons (Fsp3) is 0.636. The maximum atomic E-state index is 6.17. The molecule has 0 bridgehead atoms. The van der Waals surface area contributed by atoms with E-state index < -0.39 is 0 Å². The normalized spacial score (nSPS) is 21.3. The minimum absolute atomic E-state index is 0.0986. The molecule has 2 atom stereocenters. The van der Waals surface area contributed by atoms with Crippen molar-refractivity contribution in [1.29, 1.82) is 0 Å². The van der Waals surface area contributed by atoms with Gasteiger partial charge in [0, 0.05) is 24.0 Å². The van der Waals surface area contributed by atoms with Gasteiger partial charge < -0.3 is 5.73 Å². The molecule has 76 valence electrons. The predicted octanol–water partition coefficient (Wildman–Crippen LogP) is 1.91. The lowest BCUT2D eigenvalue weighted by molar-refractivity contribution is 0.193. The highest BCUT2D eigenvalue weighted by Gasteiger charge is 2.28. The Bertz CT molecular complexity index is 282. The van der Waals surface area contributed by atoms with Crippen LogP contribution in [0.2, 0.25) is 0 Å². The lowest BCUT2D eigenvalue weighted by Crippen LogP contribution is -2.29. The molecule has 1 aliphatic carbocycles. The molecule has 14 heavy (non-hydrogen) atoms. The van der Waals surface area contributed by atoms with Gasteiger partial charge in [-0.05, 0) is 11.8 Å². The highest BCUT2D eigenvalue weighted by molar-refractivity contribution is 5.10. The minimum atomic E-state index is 0.0986. The van der Waals surface area contributed by atoms with Gasteiger partial charge in [-0.25, -0.2) is 9.97 Å². The summed E-state index contributed by atoms with van der Waals surface area (Å²) in [6, 6.07) is 0.0986. The van der Waals surface area contributed by atoms with Crippen molar-refractivity contribution in [3.05, 3.63) is 24.3 Å². The van der Waals surface area contributed by atoms with E-state index in [-0.39, 0.29) is 6.04 Å². The molecule has 1 aromatic rings. The van der Waals surface area contributed by atoms with Crippen LogP contribution in [0, 0.1) is 11.8 Å². The Hall–Kier alpha value is -0.960. The molecule has 1 aromatic heterocycles. The van der Waals surface area contributed by atoms with Gasteiger partial charge in [0.05, 0.1) is 0 Å². The standard InChI is InChI=1S/C11H17N3/c1-8(9-3-2-4-9)11(12)10-5-13-7-14-6-10/h5-9,11H,2-4,12H2,1H3. The monoisotopic (exact) mass is 191 g/mol. The number of hydrogen-bond acceptors (Lipinski definition) is 3. The number of hydrogen-bond donors (Lipinski definition) is 1. The molecule has 2 rings (SSSR count). The number of aromatic nitrogens is 2. The van der Waals surface area contributed by atoms with Crippen molar-refractivity contribution in [2.24, 2.45) is 17.6 Å². The second-order valence-electron chi connectivity index (χ2n) is 4.25. The largest absolute Gasteiger partial charge is 0.324 e. The molecule has 1 saturated carbocycles. The lowest BCUT2D eigenvalue weighted by atomic mass is 9.73. The summed E-state index contributed by atoms with van der Waals surface area (Å²) in [5.74, 6) is 1.36. The van der Waals surface area contributed by atoms with E-state index in [0.717, 1.165) is 11.5 Å². The molecule has 0 aliphatic heterocycles. The zero-order chi connectivity index (χ0) is 9.97. The molecular formula is C11H17N3. The first kappa shape index (κ1) is 9.59. The summed E-state index contributed by atoms with van der Waals surface area (Å²) < 4.78 is 0. The molecule has 2 N–H and O–H groups in total. The van der Waals surface area contributed by atoms with Gasteiger partial charge in [0.2, 0.25) is 0 Å². The second kappa shape index (κ2) is 4.05. The fourth-order valence-electron chi connectivity index (χ4n) is 2.05. The van der Waals surface area contributed by atoms with E-state index in [9.17, 15) is 0 Å². The number of rotatable bonds is 3. The van der Waals surface area contributed by atoms with Crippen LogP contribution in [-0.2, 0) is 0 Å². The van der Waals surface area contributed by atoms with E-state index in [0.29, 0.717) is 5.92 Å². The van der Waals surface area contributed by atoms with E-state index >= 15 is 0 Å². The average Bonchev–Trinajstić information content (AvgIpc) is 2.15. The van der Waals surface area contributed by atoms with Crippen molar-refractivity contribution in [3.8, 4) is 0 Å². The lowest BCUT2D eigenvalue weighted by Gasteiger charge is -2.34. The maximum absolute atomic E-state index is 6.17. The van der Waals surface area contributed by atoms with Gasteiger partial charge in [-0.2, -0.15) is 0 Å². The topological polar surface area (TPSA) is 51.8 Å². The summed E-state index contributed by atoms with van der Waals surface area (Å²) >= 11 is 0. The molecule has 0 amide bonds. The molecule has 1 aliphatic rings. The molecular weight excluding hydrogens is 174 g/mol. The van der Waals surface area contributed by atoms with Crippen LogP contribution < -0.4 is 5.73 Å². The van der Waals surface area contributed by atoms with Crippen LogP contribution >= 0.6 is 0 Å². The van der Waals surface area contributed by atoms with Crippen molar-refractivity contribution < 1.29 is 0 Å². The molecule has 0 aromatic carbocycles. The van der Waals surface area contributed by atoms with Crippen LogP contribution in [0.4, 0.5) is 0 Å². The van der Waals surface area contributed by atoms with Gasteiger partial charge in [0.15, 0.2) is 0 Å². The third kappa shape index (κ3) is 1.77. The Morgan fingerprint density at radius 2 is 2.00 bits per heavy atom. The molecule has 3 heteroatoms. The van der Waals surface area contributed by atoms with Gasteiger partial charge in [-0.3, -0.25) is 0 Å².